The molecular weight excluding hydrogens is 278 g/mol. The van der Waals surface area contributed by atoms with Gasteiger partial charge in [-0.1, -0.05) is 6.92 Å². The van der Waals surface area contributed by atoms with Gasteiger partial charge in [0.05, 0.1) is 12.2 Å². The molecule has 3 saturated heterocycles. The van der Waals surface area contributed by atoms with Crippen molar-refractivity contribution in [3.05, 3.63) is 0 Å². The minimum atomic E-state index is -0.00372. The maximum absolute atomic E-state index is 6.63. The molecule has 3 aliphatic heterocycles. The molecule has 0 aliphatic carbocycles. The van der Waals surface area contributed by atoms with Crippen molar-refractivity contribution in [2.75, 3.05) is 31.3 Å². The zero-order valence-corrected chi connectivity index (χ0v) is 13.3. The Labute approximate surface area is 124 Å². The van der Waals surface area contributed by atoms with Crippen LogP contribution in [-0.2, 0) is 9.47 Å². The molecule has 3 rings (SSSR count). The molecule has 0 aromatic carbocycles. The van der Waals surface area contributed by atoms with E-state index in [1.165, 1.54) is 11.5 Å². The third kappa shape index (κ3) is 3.10. The average molecular weight is 303 g/mol. The summed E-state index contributed by atoms with van der Waals surface area (Å²) >= 11 is 4.17. The Kier molecular flexibility index (Phi) is 4.69. The first-order chi connectivity index (χ1) is 9.20. The molecule has 0 amide bonds. The van der Waals surface area contributed by atoms with Gasteiger partial charge in [-0.3, -0.25) is 0 Å². The summed E-state index contributed by atoms with van der Waals surface area (Å²) in [4.78, 5) is 0. The highest BCUT2D eigenvalue weighted by molar-refractivity contribution is 8.07. The molecular formula is C14H25NO2S2. The number of ether oxygens (including phenoxy) is 2. The minimum absolute atomic E-state index is 0.00372. The van der Waals surface area contributed by atoms with Gasteiger partial charge in [0, 0.05) is 47.7 Å². The molecule has 5 atom stereocenters. The lowest BCUT2D eigenvalue weighted by molar-refractivity contribution is -0.101. The van der Waals surface area contributed by atoms with Crippen LogP contribution < -0.4 is 5.73 Å². The van der Waals surface area contributed by atoms with Crippen LogP contribution in [0.1, 0.15) is 26.2 Å². The van der Waals surface area contributed by atoms with Crippen LogP contribution in [-0.4, -0.2) is 53.5 Å². The Balaban J connectivity index is 1.64. The quantitative estimate of drug-likeness (QED) is 0.847. The van der Waals surface area contributed by atoms with E-state index in [1.54, 1.807) is 0 Å². The maximum Gasteiger partial charge on any atom is 0.0939 e. The second kappa shape index (κ2) is 6.14. The van der Waals surface area contributed by atoms with Gasteiger partial charge >= 0.3 is 0 Å². The Morgan fingerprint density at radius 3 is 2.84 bits per heavy atom. The van der Waals surface area contributed by atoms with Crippen LogP contribution in [0.4, 0.5) is 0 Å². The second-order valence-corrected chi connectivity index (χ2v) is 8.85. The second-order valence-electron chi connectivity index (χ2n) is 6.08. The van der Waals surface area contributed by atoms with Gasteiger partial charge < -0.3 is 15.2 Å². The van der Waals surface area contributed by atoms with Crippen LogP contribution in [0.2, 0.25) is 0 Å². The van der Waals surface area contributed by atoms with Crippen molar-refractivity contribution in [2.24, 2.45) is 11.7 Å². The van der Waals surface area contributed by atoms with Gasteiger partial charge in [-0.2, -0.15) is 23.5 Å². The third-order valence-electron chi connectivity index (χ3n) is 4.76. The number of rotatable bonds is 2. The molecule has 3 nitrogen and oxygen atoms in total. The highest BCUT2D eigenvalue weighted by Gasteiger charge is 2.44. The molecule has 0 bridgehead atoms. The molecule has 0 aromatic heterocycles. The van der Waals surface area contributed by atoms with E-state index in [9.17, 15) is 0 Å². The minimum Gasteiger partial charge on any atom is -0.378 e. The van der Waals surface area contributed by atoms with E-state index >= 15 is 0 Å². The molecule has 3 aliphatic rings. The summed E-state index contributed by atoms with van der Waals surface area (Å²) in [5.41, 5.74) is 6.63. The van der Waals surface area contributed by atoms with Gasteiger partial charge in [0.2, 0.25) is 0 Å². The molecule has 0 radical (unpaired) electrons. The summed E-state index contributed by atoms with van der Waals surface area (Å²) in [6, 6.07) is 0.314. The molecule has 110 valence electrons. The third-order valence-corrected chi connectivity index (χ3v) is 8.00. The van der Waals surface area contributed by atoms with E-state index in [0.717, 1.165) is 39.1 Å². The maximum atomic E-state index is 6.63. The van der Waals surface area contributed by atoms with Gasteiger partial charge in [-0.15, -0.1) is 0 Å². The normalized spacial score (nSPS) is 45.5. The molecule has 3 heterocycles. The summed E-state index contributed by atoms with van der Waals surface area (Å²) < 4.78 is 11.6. The lowest BCUT2D eigenvalue weighted by Gasteiger charge is -2.43. The fourth-order valence-corrected chi connectivity index (χ4v) is 6.57. The first kappa shape index (κ1) is 14.5. The van der Waals surface area contributed by atoms with Gasteiger partial charge in [0.15, 0.2) is 0 Å². The summed E-state index contributed by atoms with van der Waals surface area (Å²) in [6.07, 6.45) is 3.28. The molecule has 5 heteroatoms. The van der Waals surface area contributed by atoms with E-state index in [0.29, 0.717) is 22.5 Å². The highest BCUT2D eigenvalue weighted by Crippen LogP contribution is 2.41. The SMILES string of the molecule is CC1SCCSC1C(N)C1CCOC2(CCOC2)C1. The van der Waals surface area contributed by atoms with Gasteiger partial charge in [-0.05, 0) is 18.8 Å². The van der Waals surface area contributed by atoms with Crippen LogP contribution >= 0.6 is 23.5 Å². The Morgan fingerprint density at radius 1 is 1.26 bits per heavy atom. The van der Waals surface area contributed by atoms with Crippen LogP contribution in [0.5, 0.6) is 0 Å². The van der Waals surface area contributed by atoms with Crippen LogP contribution in [0.25, 0.3) is 0 Å². The molecule has 19 heavy (non-hydrogen) atoms. The number of hydrogen-bond donors (Lipinski definition) is 1. The zero-order chi connectivity index (χ0) is 13.3. The standard InChI is InChI=1S/C14H25NO2S2/c1-10-13(19-7-6-18-10)12(15)11-2-4-17-14(8-11)3-5-16-9-14/h10-13H,2-9,15H2,1H3. The lowest BCUT2D eigenvalue weighted by atomic mass is 9.80. The Morgan fingerprint density at radius 2 is 2.11 bits per heavy atom. The number of hydrogen-bond acceptors (Lipinski definition) is 5. The fraction of sp³-hybridized carbons (Fsp3) is 1.00. The zero-order valence-electron chi connectivity index (χ0n) is 11.7. The van der Waals surface area contributed by atoms with E-state index in [4.69, 9.17) is 15.2 Å². The largest absolute Gasteiger partial charge is 0.378 e. The summed E-state index contributed by atoms with van der Waals surface area (Å²) in [5, 5.41) is 1.30. The topological polar surface area (TPSA) is 44.5 Å². The molecule has 3 fully saturated rings. The Bertz CT molecular complexity index is 310. The summed E-state index contributed by atoms with van der Waals surface area (Å²) in [6.45, 7) is 4.83. The number of nitrogens with two attached hydrogens (primary N) is 1. The first-order valence-corrected chi connectivity index (χ1v) is 9.50. The van der Waals surface area contributed by atoms with Crippen molar-refractivity contribution in [3.63, 3.8) is 0 Å². The van der Waals surface area contributed by atoms with Crippen molar-refractivity contribution >= 4 is 23.5 Å². The molecule has 2 N–H and O–H groups in total. The van der Waals surface area contributed by atoms with E-state index in [1.807, 2.05) is 0 Å². The van der Waals surface area contributed by atoms with Gasteiger partial charge in [0.25, 0.3) is 0 Å². The Hall–Kier alpha value is 0.580. The monoisotopic (exact) mass is 303 g/mol. The predicted octanol–water partition coefficient (Wildman–Crippen LogP) is 2.14. The predicted molar refractivity (Wildman–Crippen MR) is 83.0 cm³/mol. The summed E-state index contributed by atoms with van der Waals surface area (Å²) in [5.74, 6) is 3.14. The highest BCUT2D eigenvalue weighted by atomic mass is 32.2. The smallest absolute Gasteiger partial charge is 0.0939 e. The lowest BCUT2D eigenvalue weighted by Crippen LogP contribution is -2.51. The van der Waals surface area contributed by atoms with Crippen LogP contribution in [0, 0.1) is 5.92 Å². The molecule has 1 spiro atoms. The van der Waals surface area contributed by atoms with Gasteiger partial charge in [0.1, 0.15) is 0 Å². The van der Waals surface area contributed by atoms with Crippen molar-refractivity contribution in [3.8, 4) is 0 Å². The van der Waals surface area contributed by atoms with Gasteiger partial charge in [-0.25, -0.2) is 0 Å². The molecule has 5 unspecified atom stereocenters. The summed E-state index contributed by atoms with van der Waals surface area (Å²) in [7, 11) is 0. The van der Waals surface area contributed by atoms with Crippen molar-refractivity contribution < 1.29 is 9.47 Å². The molecule has 0 aromatic rings. The van der Waals surface area contributed by atoms with Crippen LogP contribution in [0.15, 0.2) is 0 Å². The van der Waals surface area contributed by atoms with E-state index < -0.39 is 0 Å². The van der Waals surface area contributed by atoms with E-state index in [2.05, 4.69) is 30.4 Å². The fourth-order valence-electron chi connectivity index (χ4n) is 3.60. The average Bonchev–Trinajstić information content (AvgIpc) is 2.86. The van der Waals surface area contributed by atoms with Crippen molar-refractivity contribution in [2.45, 2.75) is 48.3 Å². The van der Waals surface area contributed by atoms with E-state index in [-0.39, 0.29) is 5.60 Å². The van der Waals surface area contributed by atoms with Crippen LogP contribution in [0.3, 0.4) is 0 Å². The van der Waals surface area contributed by atoms with Crippen molar-refractivity contribution in [1.29, 1.82) is 0 Å². The molecule has 0 saturated carbocycles. The first-order valence-electron chi connectivity index (χ1n) is 7.41. The number of thioether (sulfide) groups is 2. The van der Waals surface area contributed by atoms with Crippen molar-refractivity contribution in [1.82, 2.24) is 0 Å².